The molecule has 0 radical (unpaired) electrons. The number of aliphatic carboxylic acids is 1. The molecule has 2 aliphatic heterocycles. The number of nitrogens with one attached hydrogen (secondary N) is 5. The second kappa shape index (κ2) is 9.97. The van der Waals surface area contributed by atoms with Crippen LogP contribution in [0.2, 0.25) is 0 Å². The topological polar surface area (TPSA) is 169 Å². The summed E-state index contributed by atoms with van der Waals surface area (Å²) in [6.45, 7) is 0.899. The highest BCUT2D eigenvalue weighted by Gasteiger charge is 2.31. The maximum atomic E-state index is 12.6. The van der Waals surface area contributed by atoms with Gasteiger partial charge >= 0.3 is 5.97 Å². The van der Waals surface area contributed by atoms with Crippen LogP contribution in [0.15, 0.2) is 0 Å². The molecule has 0 saturated carbocycles. The number of carbonyl (C=O) groups is 2. The number of hydrogen-bond donors (Lipinski definition) is 7. The van der Waals surface area contributed by atoms with E-state index in [2.05, 4.69) is 20.9 Å². The van der Waals surface area contributed by atoms with E-state index in [1.807, 2.05) is 11.8 Å². The number of carboxylic acid groups (broad SMARTS) is 1. The highest BCUT2D eigenvalue weighted by molar-refractivity contribution is 7.99. The van der Waals surface area contributed by atoms with Gasteiger partial charge in [0.15, 0.2) is 5.96 Å². The Morgan fingerprint density at radius 1 is 1.45 bits per heavy atom. The second-order valence-corrected chi connectivity index (χ2v) is 8.63. The number of carboxylic acids is 1. The third-order valence-corrected chi connectivity index (χ3v) is 6.48. The van der Waals surface area contributed by atoms with E-state index in [0.29, 0.717) is 31.8 Å². The van der Waals surface area contributed by atoms with Crippen LogP contribution in [0.5, 0.6) is 0 Å². The van der Waals surface area contributed by atoms with Crippen molar-refractivity contribution in [3.8, 4) is 0 Å². The van der Waals surface area contributed by atoms with Crippen molar-refractivity contribution >= 4 is 29.6 Å². The summed E-state index contributed by atoms with van der Waals surface area (Å²) in [5.41, 5.74) is 7.12. The van der Waals surface area contributed by atoms with E-state index in [-0.39, 0.29) is 18.3 Å². The first kappa shape index (κ1) is 21.4. The average molecular weight is 424 g/mol. The summed E-state index contributed by atoms with van der Waals surface area (Å²) in [7, 11) is 0. The molecule has 160 valence electrons. The Labute approximate surface area is 173 Å². The second-order valence-electron chi connectivity index (χ2n) is 7.48. The van der Waals surface area contributed by atoms with Gasteiger partial charge in [0, 0.05) is 31.2 Å². The molecule has 29 heavy (non-hydrogen) atoms. The van der Waals surface area contributed by atoms with Gasteiger partial charge in [-0.1, -0.05) is 0 Å². The minimum absolute atomic E-state index is 0.159. The summed E-state index contributed by atoms with van der Waals surface area (Å²) < 4.78 is 0. The number of fused-ring (bicyclic) bond motifs is 1. The first-order valence-electron chi connectivity index (χ1n) is 9.94. The quantitative estimate of drug-likeness (QED) is 0.172. The Balaban J connectivity index is 1.54. The van der Waals surface area contributed by atoms with Crippen LogP contribution in [-0.4, -0.2) is 63.0 Å². The normalized spacial score (nSPS) is 22.3. The standard InChI is InChI=1S/C18H29N7O3S/c19-18(20)21-5-1-4-11(17(27)28)25-16(26)13-7-12-14(8-22-13)24-15(23-12)10-3-2-6-29-9-10/h10-11,13,22H,1-9H2,(H,23,24)(H,25,26)(H,27,28)(H4,19,20,21)/t10?,11-,13-/m0/s1. The summed E-state index contributed by atoms with van der Waals surface area (Å²) in [5, 5.41) is 24.9. The fourth-order valence-corrected chi connectivity index (χ4v) is 4.81. The number of hydrogen-bond acceptors (Lipinski definition) is 6. The van der Waals surface area contributed by atoms with Crippen LogP contribution in [0.25, 0.3) is 0 Å². The number of aromatic nitrogens is 2. The average Bonchev–Trinajstić information content (AvgIpc) is 3.13. The maximum absolute atomic E-state index is 12.6. The van der Waals surface area contributed by atoms with Crippen molar-refractivity contribution in [1.82, 2.24) is 25.9 Å². The zero-order chi connectivity index (χ0) is 20.8. The number of imidazole rings is 1. The van der Waals surface area contributed by atoms with Gasteiger partial charge in [0.25, 0.3) is 0 Å². The minimum Gasteiger partial charge on any atom is -0.480 e. The van der Waals surface area contributed by atoms with Crippen molar-refractivity contribution in [3.05, 3.63) is 17.2 Å². The molecular formula is C18H29N7O3S. The molecule has 3 atom stereocenters. The third kappa shape index (κ3) is 5.86. The van der Waals surface area contributed by atoms with E-state index < -0.39 is 18.1 Å². The van der Waals surface area contributed by atoms with Gasteiger partial charge in [-0.3, -0.25) is 15.5 Å². The number of aromatic amines is 1. The van der Waals surface area contributed by atoms with Gasteiger partial charge < -0.3 is 26.5 Å². The molecular weight excluding hydrogens is 394 g/mol. The lowest BCUT2D eigenvalue weighted by Gasteiger charge is -2.24. The molecule has 3 heterocycles. The minimum atomic E-state index is -1.07. The van der Waals surface area contributed by atoms with Gasteiger partial charge in [-0.05, 0) is 31.4 Å². The van der Waals surface area contributed by atoms with Crippen molar-refractivity contribution in [1.29, 1.82) is 5.41 Å². The summed E-state index contributed by atoms with van der Waals surface area (Å²) in [6.07, 6.45) is 3.50. The van der Waals surface area contributed by atoms with Crippen molar-refractivity contribution in [2.75, 3.05) is 18.1 Å². The molecule has 11 heteroatoms. The van der Waals surface area contributed by atoms with Crippen LogP contribution in [0.4, 0.5) is 0 Å². The van der Waals surface area contributed by atoms with Crippen LogP contribution >= 0.6 is 11.8 Å². The van der Waals surface area contributed by atoms with Crippen LogP contribution in [-0.2, 0) is 22.6 Å². The number of amides is 1. The molecule has 1 unspecified atom stereocenters. The van der Waals surface area contributed by atoms with E-state index >= 15 is 0 Å². The van der Waals surface area contributed by atoms with Crippen LogP contribution in [0, 0.1) is 5.41 Å². The molecule has 1 aromatic rings. The predicted octanol–water partition coefficient (Wildman–Crippen LogP) is -0.133. The molecule has 10 nitrogen and oxygen atoms in total. The highest BCUT2D eigenvalue weighted by Crippen LogP contribution is 2.30. The van der Waals surface area contributed by atoms with Crippen LogP contribution < -0.4 is 21.7 Å². The Kier molecular flexibility index (Phi) is 7.37. The molecule has 0 bridgehead atoms. The third-order valence-electron chi connectivity index (χ3n) is 5.27. The lowest BCUT2D eigenvalue weighted by molar-refractivity contribution is -0.142. The Morgan fingerprint density at radius 2 is 2.28 bits per heavy atom. The zero-order valence-corrected chi connectivity index (χ0v) is 17.1. The fourth-order valence-electron chi connectivity index (χ4n) is 3.67. The van der Waals surface area contributed by atoms with E-state index in [9.17, 15) is 14.7 Å². The van der Waals surface area contributed by atoms with Crippen LogP contribution in [0.3, 0.4) is 0 Å². The smallest absolute Gasteiger partial charge is 0.326 e. The molecule has 1 saturated heterocycles. The van der Waals surface area contributed by atoms with Gasteiger partial charge in [0.1, 0.15) is 11.9 Å². The summed E-state index contributed by atoms with van der Waals surface area (Å²) >= 11 is 1.95. The molecule has 0 aliphatic carbocycles. The first-order valence-corrected chi connectivity index (χ1v) is 11.1. The van der Waals surface area contributed by atoms with E-state index in [0.717, 1.165) is 29.4 Å². The zero-order valence-electron chi connectivity index (χ0n) is 16.3. The van der Waals surface area contributed by atoms with Crippen LogP contribution in [0.1, 0.15) is 48.8 Å². The summed E-state index contributed by atoms with van der Waals surface area (Å²) in [5.74, 6) is 2.15. The first-order chi connectivity index (χ1) is 13.9. The predicted molar refractivity (Wildman–Crippen MR) is 111 cm³/mol. The van der Waals surface area contributed by atoms with Crippen molar-refractivity contribution in [2.24, 2.45) is 5.73 Å². The Morgan fingerprint density at radius 3 is 2.97 bits per heavy atom. The van der Waals surface area contributed by atoms with Crippen molar-refractivity contribution < 1.29 is 14.7 Å². The van der Waals surface area contributed by atoms with Gasteiger partial charge in [-0.25, -0.2) is 9.78 Å². The molecule has 1 fully saturated rings. The lowest BCUT2D eigenvalue weighted by atomic mass is 10.0. The number of rotatable bonds is 8. The Bertz CT molecular complexity index is 748. The number of nitrogens with two attached hydrogens (primary N) is 1. The van der Waals surface area contributed by atoms with Gasteiger partial charge in [0.2, 0.25) is 5.91 Å². The molecule has 0 spiro atoms. The maximum Gasteiger partial charge on any atom is 0.326 e. The lowest BCUT2D eigenvalue weighted by Crippen LogP contribution is -2.52. The van der Waals surface area contributed by atoms with Gasteiger partial charge in [0.05, 0.1) is 17.4 Å². The number of guanidine groups is 1. The van der Waals surface area contributed by atoms with E-state index in [1.54, 1.807) is 0 Å². The number of thioether (sulfide) groups is 1. The molecule has 1 amide bonds. The largest absolute Gasteiger partial charge is 0.480 e. The fraction of sp³-hybridized carbons (Fsp3) is 0.667. The molecule has 0 aromatic carbocycles. The molecule has 3 rings (SSSR count). The van der Waals surface area contributed by atoms with Crippen molar-refractivity contribution in [3.63, 3.8) is 0 Å². The number of carbonyl (C=O) groups excluding carboxylic acids is 1. The SMILES string of the molecule is N=C(N)NCCC[C@H](NC(=O)[C@@H]1Cc2nc(C3CCCSC3)[nH]c2CN1)C(=O)O. The van der Waals surface area contributed by atoms with Gasteiger partial charge in [-0.2, -0.15) is 11.8 Å². The summed E-state index contributed by atoms with van der Waals surface area (Å²) in [4.78, 5) is 32.3. The highest BCUT2D eigenvalue weighted by atomic mass is 32.2. The summed E-state index contributed by atoms with van der Waals surface area (Å²) in [6, 6.07) is -1.48. The molecule has 8 N–H and O–H groups in total. The van der Waals surface area contributed by atoms with E-state index in [4.69, 9.17) is 16.1 Å². The van der Waals surface area contributed by atoms with Gasteiger partial charge in [-0.15, -0.1) is 0 Å². The van der Waals surface area contributed by atoms with Crippen molar-refractivity contribution in [2.45, 2.75) is 56.7 Å². The Hall–Kier alpha value is -2.27. The van der Waals surface area contributed by atoms with E-state index in [1.165, 1.54) is 12.2 Å². The monoisotopic (exact) mass is 423 g/mol. The molecule has 1 aromatic heterocycles. The number of H-pyrrole nitrogens is 1. The molecule has 2 aliphatic rings. The number of nitrogens with zero attached hydrogens (tertiary/aromatic N) is 1.